The van der Waals surface area contributed by atoms with Crippen LogP contribution < -0.4 is 5.32 Å². The third-order valence-electron chi connectivity index (χ3n) is 2.54. The number of thiol groups is 1. The summed E-state index contributed by atoms with van der Waals surface area (Å²) in [6.45, 7) is 0. The summed E-state index contributed by atoms with van der Waals surface area (Å²) in [6.07, 6.45) is 5.13. The van der Waals surface area contributed by atoms with Crippen LogP contribution in [0.15, 0.2) is 35.6 Å². The number of hydrogen-bond acceptors (Lipinski definition) is 5. The molecule has 6 heteroatoms. The Kier molecular flexibility index (Phi) is 2.97. The summed E-state index contributed by atoms with van der Waals surface area (Å²) in [5.74, 6) is -0.0793. The zero-order valence-electron chi connectivity index (χ0n) is 9.20. The van der Waals surface area contributed by atoms with Crippen molar-refractivity contribution >= 4 is 47.3 Å². The van der Waals surface area contributed by atoms with E-state index in [0.29, 0.717) is 4.91 Å². The fourth-order valence-corrected chi connectivity index (χ4v) is 2.96. The van der Waals surface area contributed by atoms with E-state index in [1.54, 1.807) is 6.20 Å². The number of carbonyl (C=O) groups is 1. The molecule has 2 heterocycles. The molecule has 18 heavy (non-hydrogen) atoms. The first-order chi connectivity index (χ1) is 8.72. The van der Waals surface area contributed by atoms with Crippen molar-refractivity contribution in [3.8, 4) is 0 Å². The van der Waals surface area contributed by atoms with Gasteiger partial charge in [-0.25, -0.2) is 9.97 Å². The van der Waals surface area contributed by atoms with E-state index >= 15 is 0 Å². The van der Waals surface area contributed by atoms with Crippen molar-refractivity contribution in [1.82, 2.24) is 15.3 Å². The summed E-state index contributed by atoms with van der Waals surface area (Å²) in [5.41, 5.74) is 1.85. The Labute approximate surface area is 113 Å². The van der Waals surface area contributed by atoms with Gasteiger partial charge in [0.15, 0.2) is 0 Å². The Balaban J connectivity index is 2.00. The maximum absolute atomic E-state index is 11.6. The highest BCUT2D eigenvalue weighted by Crippen LogP contribution is 2.31. The molecule has 0 spiro atoms. The van der Waals surface area contributed by atoms with Crippen molar-refractivity contribution in [1.29, 1.82) is 0 Å². The van der Waals surface area contributed by atoms with Gasteiger partial charge in [-0.2, -0.15) is 0 Å². The third-order valence-corrected chi connectivity index (χ3v) is 3.89. The number of nitrogens with one attached hydrogen (secondary N) is 1. The quantitative estimate of drug-likeness (QED) is 0.618. The van der Waals surface area contributed by atoms with Gasteiger partial charge in [-0.15, -0.1) is 12.6 Å². The minimum absolute atomic E-state index is 0.0793. The highest BCUT2D eigenvalue weighted by molar-refractivity contribution is 8.14. The van der Waals surface area contributed by atoms with E-state index in [2.05, 4.69) is 27.9 Å². The van der Waals surface area contributed by atoms with E-state index in [0.717, 1.165) is 16.5 Å². The van der Waals surface area contributed by atoms with Gasteiger partial charge in [-0.1, -0.05) is 17.8 Å². The number of hydrogen-bond donors (Lipinski definition) is 2. The van der Waals surface area contributed by atoms with Crippen molar-refractivity contribution in [3.63, 3.8) is 0 Å². The largest absolute Gasteiger partial charge is 0.331 e. The van der Waals surface area contributed by atoms with Crippen LogP contribution in [0.5, 0.6) is 0 Å². The molecule has 1 fully saturated rings. The lowest BCUT2D eigenvalue weighted by Gasteiger charge is -1.99. The first-order valence-corrected chi connectivity index (χ1v) is 6.69. The molecule has 0 aliphatic carbocycles. The van der Waals surface area contributed by atoms with E-state index < -0.39 is 0 Å². The predicted octanol–water partition coefficient (Wildman–Crippen LogP) is 2.05. The first kappa shape index (κ1) is 11.6. The SMILES string of the molecule is O=C1NC(S)S/C1=C\c1ccc2ncncc2c1. The molecule has 3 rings (SSSR count). The Bertz CT molecular complexity index is 657. The van der Waals surface area contributed by atoms with E-state index in [9.17, 15) is 4.79 Å². The van der Waals surface area contributed by atoms with Gasteiger partial charge >= 0.3 is 0 Å². The third kappa shape index (κ3) is 2.21. The lowest BCUT2D eigenvalue weighted by atomic mass is 10.1. The average Bonchev–Trinajstić information content (AvgIpc) is 2.68. The van der Waals surface area contributed by atoms with Crippen LogP contribution in [0, 0.1) is 0 Å². The first-order valence-electron chi connectivity index (χ1n) is 5.29. The zero-order valence-corrected chi connectivity index (χ0v) is 10.9. The molecule has 90 valence electrons. The smallest absolute Gasteiger partial charge is 0.259 e. The van der Waals surface area contributed by atoms with Crippen LogP contribution in [-0.2, 0) is 4.79 Å². The Hall–Kier alpha value is -1.53. The molecule has 1 aromatic carbocycles. The summed E-state index contributed by atoms with van der Waals surface area (Å²) >= 11 is 5.61. The normalized spacial score (nSPS) is 21.5. The monoisotopic (exact) mass is 275 g/mol. The number of aromatic nitrogens is 2. The zero-order chi connectivity index (χ0) is 12.5. The maximum atomic E-state index is 11.6. The average molecular weight is 275 g/mol. The summed E-state index contributed by atoms with van der Waals surface area (Å²) < 4.78 is -0.160. The van der Waals surface area contributed by atoms with Crippen molar-refractivity contribution in [2.24, 2.45) is 0 Å². The molecule has 1 aliphatic rings. The van der Waals surface area contributed by atoms with E-state index in [-0.39, 0.29) is 10.6 Å². The van der Waals surface area contributed by atoms with Gasteiger partial charge in [0.05, 0.1) is 10.4 Å². The summed E-state index contributed by atoms with van der Waals surface area (Å²) in [7, 11) is 0. The van der Waals surface area contributed by atoms with Crippen molar-refractivity contribution < 1.29 is 4.79 Å². The molecule has 1 aromatic heterocycles. The number of rotatable bonds is 1. The molecule has 0 saturated carbocycles. The Morgan fingerprint density at radius 3 is 3.11 bits per heavy atom. The lowest BCUT2D eigenvalue weighted by Crippen LogP contribution is -2.19. The second-order valence-electron chi connectivity index (χ2n) is 3.79. The molecule has 1 unspecified atom stereocenters. The van der Waals surface area contributed by atoms with Gasteiger partial charge in [-0.05, 0) is 23.8 Å². The van der Waals surface area contributed by atoms with Crippen LogP contribution in [0.1, 0.15) is 5.56 Å². The number of benzene rings is 1. The lowest BCUT2D eigenvalue weighted by molar-refractivity contribution is -0.116. The Morgan fingerprint density at radius 2 is 2.33 bits per heavy atom. The molecule has 2 aromatic rings. The summed E-state index contributed by atoms with van der Waals surface area (Å²) in [4.78, 5) is 20.4. The van der Waals surface area contributed by atoms with Crippen LogP contribution >= 0.6 is 24.4 Å². The van der Waals surface area contributed by atoms with Gasteiger partial charge in [0.1, 0.15) is 11.0 Å². The second kappa shape index (κ2) is 4.62. The van der Waals surface area contributed by atoms with Crippen molar-refractivity contribution in [3.05, 3.63) is 41.2 Å². The van der Waals surface area contributed by atoms with Crippen LogP contribution in [0.4, 0.5) is 0 Å². The molecular formula is C12H9N3OS2. The van der Waals surface area contributed by atoms with Crippen LogP contribution in [0.25, 0.3) is 17.0 Å². The van der Waals surface area contributed by atoms with Gasteiger partial charge < -0.3 is 5.32 Å². The fourth-order valence-electron chi connectivity index (χ4n) is 1.73. The number of carbonyl (C=O) groups excluding carboxylic acids is 1. The number of thioether (sulfide) groups is 1. The van der Waals surface area contributed by atoms with E-state index in [1.165, 1.54) is 18.1 Å². The topological polar surface area (TPSA) is 54.9 Å². The van der Waals surface area contributed by atoms with Gasteiger partial charge in [0, 0.05) is 11.6 Å². The standard InChI is InChI=1S/C12H9N3OS2/c16-11-10(18-12(17)15-11)4-7-1-2-9-8(3-7)5-13-6-14-9/h1-6,12,17H,(H,15,16)/b10-4-. The Morgan fingerprint density at radius 1 is 1.44 bits per heavy atom. The molecular weight excluding hydrogens is 266 g/mol. The van der Waals surface area contributed by atoms with Gasteiger partial charge in [0.2, 0.25) is 0 Å². The maximum Gasteiger partial charge on any atom is 0.259 e. The molecule has 4 nitrogen and oxygen atoms in total. The highest BCUT2D eigenvalue weighted by atomic mass is 32.2. The molecule has 0 bridgehead atoms. The molecule has 1 aliphatic heterocycles. The number of nitrogens with zero attached hydrogens (tertiary/aromatic N) is 2. The molecule has 1 amide bonds. The number of amides is 1. The highest BCUT2D eigenvalue weighted by Gasteiger charge is 2.23. The molecule has 1 N–H and O–H groups in total. The van der Waals surface area contributed by atoms with Crippen molar-refractivity contribution in [2.75, 3.05) is 0 Å². The van der Waals surface area contributed by atoms with Crippen LogP contribution in [0.2, 0.25) is 0 Å². The second-order valence-corrected chi connectivity index (χ2v) is 5.81. The molecule has 0 radical (unpaired) electrons. The van der Waals surface area contributed by atoms with E-state index in [4.69, 9.17) is 0 Å². The van der Waals surface area contributed by atoms with Gasteiger partial charge in [-0.3, -0.25) is 4.79 Å². The fraction of sp³-hybridized carbons (Fsp3) is 0.0833. The number of fused-ring (bicyclic) bond motifs is 1. The minimum Gasteiger partial charge on any atom is -0.331 e. The predicted molar refractivity (Wildman–Crippen MR) is 76.0 cm³/mol. The van der Waals surface area contributed by atoms with Crippen LogP contribution in [-0.4, -0.2) is 20.6 Å². The summed E-state index contributed by atoms with van der Waals surface area (Å²) in [5, 5.41) is 3.68. The van der Waals surface area contributed by atoms with Crippen molar-refractivity contribution in [2.45, 2.75) is 4.71 Å². The van der Waals surface area contributed by atoms with Crippen LogP contribution in [0.3, 0.4) is 0 Å². The molecule has 1 atom stereocenters. The van der Waals surface area contributed by atoms with Gasteiger partial charge in [0.25, 0.3) is 5.91 Å². The summed E-state index contributed by atoms with van der Waals surface area (Å²) in [6, 6.07) is 5.81. The van der Waals surface area contributed by atoms with E-state index in [1.807, 2.05) is 24.3 Å². The minimum atomic E-state index is -0.160. The molecule has 1 saturated heterocycles.